The van der Waals surface area contributed by atoms with Crippen molar-refractivity contribution in [3.63, 3.8) is 0 Å². The normalized spacial score (nSPS) is 11.8. The number of urea groups is 1. The number of hydrogen-bond donors (Lipinski definition) is 4. The standard InChI is InChI=1S/C13H16ClN3O4/c1-6(2)10(11(15)18)17-13(21)16-9-5-7(12(19)20)3-4-8(9)14/h3-6,10H,1-2H3,(H2,15,18)(H,19,20)(H2,16,17,21). The number of halogens is 1. The van der Waals surface area contributed by atoms with Gasteiger partial charge in [0, 0.05) is 0 Å². The molecule has 0 spiro atoms. The van der Waals surface area contributed by atoms with E-state index in [0.717, 1.165) is 0 Å². The highest BCUT2D eigenvalue weighted by atomic mass is 35.5. The molecule has 114 valence electrons. The zero-order chi connectivity index (χ0) is 16.2. The number of amides is 3. The second-order valence-electron chi connectivity index (χ2n) is 4.72. The number of anilines is 1. The van der Waals surface area contributed by atoms with Crippen LogP contribution in [0.15, 0.2) is 18.2 Å². The van der Waals surface area contributed by atoms with Crippen molar-refractivity contribution >= 4 is 35.2 Å². The molecule has 1 aromatic carbocycles. The number of carboxylic acid groups (broad SMARTS) is 1. The molecule has 0 saturated carbocycles. The van der Waals surface area contributed by atoms with Gasteiger partial charge in [-0.1, -0.05) is 25.4 Å². The number of carbonyl (C=O) groups is 3. The first kappa shape index (κ1) is 16.8. The summed E-state index contributed by atoms with van der Waals surface area (Å²) in [5.74, 6) is -1.99. The van der Waals surface area contributed by atoms with Crippen molar-refractivity contribution in [3.05, 3.63) is 28.8 Å². The minimum absolute atomic E-state index is 0.0231. The van der Waals surface area contributed by atoms with Crippen molar-refractivity contribution in [1.82, 2.24) is 5.32 Å². The molecule has 0 heterocycles. The number of benzene rings is 1. The molecule has 5 N–H and O–H groups in total. The van der Waals surface area contributed by atoms with E-state index in [1.165, 1.54) is 18.2 Å². The van der Waals surface area contributed by atoms with E-state index in [1.807, 2.05) is 0 Å². The number of carbonyl (C=O) groups excluding carboxylic acids is 2. The number of aromatic carboxylic acids is 1. The summed E-state index contributed by atoms with van der Waals surface area (Å²) in [6.45, 7) is 3.46. The number of carboxylic acids is 1. The average molecular weight is 314 g/mol. The van der Waals surface area contributed by atoms with Crippen LogP contribution in [0, 0.1) is 5.92 Å². The zero-order valence-corrected chi connectivity index (χ0v) is 12.3. The summed E-state index contributed by atoms with van der Waals surface area (Å²) in [6.07, 6.45) is 0. The van der Waals surface area contributed by atoms with E-state index in [4.69, 9.17) is 22.4 Å². The third-order valence-electron chi connectivity index (χ3n) is 2.72. The van der Waals surface area contributed by atoms with Crippen LogP contribution in [0.25, 0.3) is 0 Å². The van der Waals surface area contributed by atoms with Crippen molar-refractivity contribution in [2.75, 3.05) is 5.32 Å². The summed E-state index contributed by atoms with van der Waals surface area (Å²) in [5.41, 5.74) is 5.29. The number of rotatable bonds is 5. The Morgan fingerprint density at radius 1 is 1.29 bits per heavy atom. The molecule has 8 heteroatoms. The maximum Gasteiger partial charge on any atom is 0.335 e. The van der Waals surface area contributed by atoms with Crippen LogP contribution in [0.3, 0.4) is 0 Å². The summed E-state index contributed by atoms with van der Waals surface area (Å²) in [4.78, 5) is 33.9. The quantitative estimate of drug-likeness (QED) is 0.660. The zero-order valence-electron chi connectivity index (χ0n) is 11.5. The fourth-order valence-electron chi connectivity index (χ4n) is 1.62. The van der Waals surface area contributed by atoms with Crippen LogP contribution in [-0.4, -0.2) is 29.1 Å². The maximum absolute atomic E-state index is 11.8. The van der Waals surface area contributed by atoms with E-state index in [1.54, 1.807) is 13.8 Å². The van der Waals surface area contributed by atoms with Crippen LogP contribution >= 0.6 is 11.6 Å². The smallest absolute Gasteiger partial charge is 0.335 e. The van der Waals surface area contributed by atoms with Gasteiger partial charge in [-0.3, -0.25) is 4.79 Å². The Labute approximate surface area is 126 Å². The third kappa shape index (κ3) is 4.64. The van der Waals surface area contributed by atoms with Gasteiger partial charge in [-0.15, -0.1) is 0 Å². The molecule has 0 aromatic heterocycles. The molecule has 0 aliphatic heterocycles. The van der Waals surface area contributed by atoms with Crippen molar-refractivity contribution in [2.45, 2.75) is 19.9 Å². The summed E-state index contributed by atoms with van der Waals surface area (Å²) in [6, 6.07) is 2.35. The SMILES string of the molecule is CC(C)C(NC(=O)Nc1cc(C(=O)O)ccc1Cl)C(N)=O. The lowest BCUT2D eigenvalue weighted by atomic mass is 10.0. The maximum atomic E-state index is 11.8. The second kappa shape index (κ2) is 6.94. The van der Waals surface area contributed by atoms with E-state index >= 15 is 0 Å². The lowest BCUT2D eigenvalue weighted by molar-refractivity contribution is -0.120. The monoisotopic (exact) mass is 313 g/mol. The summed E-state index contributed by atoms with van der Waals surface area (Å²) in [7, 11) is 0. The summed E-state index contributed by atoms with van der Waals surface area (Å²) in [5, 5.41) is 13.9. The largest absolute Gasteiger partial charge is 0.478 e. The molecule has 7 nitrogen and oxygen atoms in total. The summed E-state index contributed by atoms with van der Waals surface area (Å²) >= 11 is 5.88. The Morgan fingerprint density at radius 2 is 1.90 bits per heavy atom. The van der Waals surface area contributed by atoms with E-state index in [2.05, 4.69) is 10.6 Å². The van der Waals surface area contributed by atoms with Crippen LogP contribution in [0.1, 0.15) is 24.2 Å². The van der Waals surface area contributed by atoms with Crippen LogP contribution in [-0.2, 0) is 4.79 Å². The number of primary amides is 1. The fraction of sp³-hybridized carbons (Fsp3) is 0.308. The first-order valence-electron chi connectivity index (χ1n) is 6.12. The van der Waals surface area contributed by atoms with E-state index in [9.17, 15) is 14.4 Å². The van der Waals surface area contributed by atoms with Gasteiger partial charge in [0.2, 0.25) is 5.91 Å². The molecule has 0 aliphatic rings. The molecule has 21 heavy (non-hydrogen) atoms. The highest BCUT2D eigenvalue weighted by Gasteiger charge is 2.22. The Hall–Kier alpha value is -2.28. The highest BCUT2D eigenvalue weighted by Crippen LogP contribution is 2.23. The Bertz CT molecular complexity index is 575. The van der Waals surface area contributed by atoms with Gasteiger partial charge in [-0.2, -0.15) is 0 Å². The number of nitrogens with one attached hydrogen (secondary N) is 2. The molecule has 0 radical (unpaired) electrons. The van der Waals surface area contributed by atoms with Crippen LogP contribution in [0.5, 0.6) is 0 Å². The van der Waals surface area contributed by atoms with Gasteiger partial charge in [0.05, 0.1) is 16.3 Å². The third-order valence-corrected chi connectivity index (χ3v) is 3.05. The molecule has 1 aromatic rings. The highest BCUT2D eigenvalue weighted by molar-refractivity contribution is 6.33. The lowest BCUT2D eigenvalue weighted by Crippen LogP contribution is -2.49. The molecule has 1 atom stereocenters. The van der Waals surface area contributed by atoms with Gasteiger partial charge >= 0.3 is 12.0 Å². The minimum atomic E-state index is -1.15. The van der Waals surface area contributed by atoms with Crippen LogP contribution < -0.4 is 16.4 Å². The first-order valence-corrected chi connectivity index (χ1v) is 6.50. The molecule has 1 rings (SSSR count). The van der Waals surface area contributed by atoms with E-state index in [0.29, 0.717) is 0 Å². The van der Waals surface area contributed by atoms with Crippen molar-refractivity contribution in [1.29, 1.82) is 0 Å². The topological polar surface area (TPSA) is 122 Å². The fourth-order valence-corrected chi connectivity index (χ4v) is 1.78. The Morgan fingerprint density at radius 3 is 2.38 bits per heavy atom. The Balaban J connectivity index is 2.85. The van der Waals surface area contributed by atoms with Crippen LogP contribution in [0.2, 0.25) is 5.02 Å². The van der Waals surface area contributed by atoms with E-state index < -0.39 is 23.9 Å². The molecular formula is C13H16ClN3O4. The van der Waals surface area contributed by atoms with Gasteiger partial charge in [0.25, 0.3) is 0 Å². The molecule has 3 amide bonds. The van der Waals surface area contributed by atoms with Crippen molar-refractivity contribution < 1.29 is 19.5 Å². The molecular weight excluding hydrogens is 298 g/mol. The first-order chi connectivity index (χ1) is 9.72. The predicted molar refractivity (Wildman–Crippen MR) is 78.4 cm³/mol. The van der Waals surface area contributed by atoms with Gasteiger partial charge in [-0.05, 0) is 24.1 Å². The molecule has 0 bridgehead atoms. The lowest BCUT2D eigenvalue weighted by Gasteiger charge is -2.19. The average Bonchev–Trinajstić information content (AvgIpc) is 2.37. The number of hydrogen-bond acceptors (Lipinski definition) is 3. The van der Waals surface area contributed by atoms with Gasteiger partial charge in [0.1, 0.15) is 6.04 Å². The number of nitrogens with two attached hydrogens (primary N) is 1. The van der Waals surface area contributed by atoms with Gasteiger partial charge in [-0.25, -0.2) is 9.59 Å². The second-order valence-corrected chi connectivity index (χ2v) is 5.13. The van der Waals surface area contributed by atoms with Crippen molar-refractivity contribution in [2.24, 2.45) is 11.7 Å². The Kier molecular flexibility index (Phi) is 5.54. The van der Waals surface area contributed by atoms with Crippen molar-refractivity contribution in [3.8, 4) is 0 Å². The molecule has 0 saturated heterocycles. The molecule has 0 fully saturated rings. The minimum Gasteiger partial charge on any atom is -0.478 e. The van der Waals surface area contributed by atoms with Gasteiger partial charge < -0.3 is 21.5 Å². The molecule has 0 aliphatic carbocycles. The predicted octanol–water partition coefficient (Wildman–Crippen LogP) is 1.67. The van der Waals surface area contributed by atoms with Crippen LogP contribution in [0.4, 0.5) is 10.5 Å². The van der Waals surface area contributed by atoms with E-state index in [-0.39, 0.29) is 22.2 Å². The molecule has 1 unspecified atom stereocenters. The van der Waals surface area contributed by atoms with Gasteiger partial charge in [0.15, 0.2) is 0 Å². The summed E-state index contributed by atoms with van der Waals surface area (Å²) < 4.78 is 0.